The predicted octanol–water partition coefficient (Wildman–Crippen LogP) is 3.28. The third kappa shape index (κ3) is 4.28. The smallest absolute Gasteiger partial charge is 0.274 e. The lowest BCUT2D eigenvalue weighted by molar-refractivity contribution is 0.0709. The van der Waals surface area contributed by atoms with Crippen LogP contribution in [0.3, 0.4) is 0 Å². The van der Waals surface area contributed by atoms with E-state index in [-0.39, 0.29) is 24.5 Å². The number of amides is 1. The molecule has 0 saturated carbocycles. The molecule has 154 valence electrons. The summed E-state index contributed by atoms with van der Waals surface area (Å²) in [5.74, 6) is -2.15. The fourth-order valence-corrected chi connectivity index (χ4v) is 3.45. The summed E-state index contributed by atoms with van der Waals surface area (Å²) >= 11 is 0. The first-order chi connectivity index (χ1) is 14.5. The summed E-state index contributed by atoms with van der Waals surface area (Å²) in [6.45, 7) is 0.385. The van der Waals surface area contributed by atoms with Crippen LogP contribution in [0.4, 0.5) is 8.78 Å². The number of likely N-dealkylation sites (tertiary alicyclic amines) is 1. The van der Waals surface area contributed by atoms with Gasteiger partial charge in [0.1, 0.15) is 12.3 Å². The molecular weight excluding hydrogens is 392 g/mol. The zero-order chi connectivity index (χ0) is 21.1. The van der Waals surface area contributed by atoms with Crippen molar-refractivity contribution in [1.82, 2.24) is 14.9 Å². The number of benzene rings is 2. The molecule has 0 spiro atoms. The number of nitrogens with zero attached hydrogens (tertiary/aromatic N) is 3. The van der Waals surface area contributed by atoms with Crippen molar-refractivity contribution >= 4 is 5.91 Å². The molecule has 2 heterocycles. The van der Waals surface area contributed by atoms with Gasteiger partial charge in [-0.2, -0.15) is 0 Å². The van der Waals surface area contributed by atoms with Crippen LogP contribution in [0.1, 0.15) is 34.1 Å². The van der Waals surface area contributed by atoms with Gasteiger partial charge in [0.05, 0.1) is 24.5 Å². The molecule has 1 aromatic heterocycles. The van der Waals surface area contributed by atoms with Crippen LogP contribution in [-0.2, 0) is 6.61 Å². The number of hydrogen-bond acceptors (Lipinski definition) is 5. The third-order valence-electron chi connectivity index (χ3n) is 4.95. The zero-order valence-corrected chi connectivity index (χ0v) is 15.9. The van der Waals surface area contributed by atoms with Crippen LogP contribution in [0.2, 0.25) is 0 Å². The Bertz CT molecular complexity index is 1030. The van der Waals surface area contributed by atoms with Crippen molar-refractivity contribution in [3.05, 3.63) is 89.4 Å². The van der Waals surface area contributed by atoms with Crippen LogP contribution in [0.15, 0.2) is 60.9 Å². The first-order valence-corrected chi connectivity index (χ1v) is 9.44. The molecule has 1 aliphatic rings. The number of hydrogen-bond donors (Lipinski definition) is 1. The molecule has 2 unspecified atom stereocenters. The summed E-state index contributed by atoms with van der Waals surface area (Å²) in [6, 6.07) is 12.4. The van der Waals surface area contributed by atoms with Crippen LogP contribution in [0.5, 0.6) is 5.88 Å². The van der Waals surface area contributed by atoms with E-state index in [1.54, 1.807) is 0 Å². The summed E-state index contributed by atoms with van der Waals surface area (Å²) in [7, 11) is 0. The number of carbonyl (C=O) groups excluding carboxylic acids is 1. The number of aromatic nitrogens is 2. The SMILES string of the molecule is O=C(c1cnc(OCc2ccccc2)cn1)N1CC(O)CC1c1ccc(F)c(F)c1. The second-order valence-corrected chi connectivity index (χ2v) is 7.05. The van der Waals surface area contributed by atoms with E-state index in [9.17, 15) is 18.7 Å². The predicted molar refractivity (Wildman–Crippen MR) is 104 cm³/mol. The summed E-state index contributed by atoms with van der Waals surface area (Å²) in [6.07, 6.45) is 2.11. The van der Waals surface area contributed by atoms with E-state index in [4.69, 9.17) is 4.74 Å². The maximum absolute atomic E-state index is 13.6. The highest BCUT2D eigenvalue weighted by atomic mass is 19.2. The molecule has 0 aliphatic carbocycles. The minimum absolute atomic E-state index is 0.0659. The number of rotatable bonds is 5. The average molecular weight is 411 g/mol. The normalized spacial score (nSPS) is 18.4. The molecule has 4 rings (SSSR count). The van der Waals surface area contributed by atoms with Gasteiger partial charge in [0.15, 0.2) is 11.6 Å². The monoisotopic (exact) mass is 411 g/mol. The summed E-state index contributed by atoms with van der Waals surface area (Å²) in [5, 5.41) is 10.1. The van der Waals surface area contributed by atoms with Crippen LogP contribution in [0.25, 0.3) is 0 Å². The number of carbonyl (C=O) groups is 1. The Kier molecular flexibility index (Phi) is 5.67. The Morgan fingerprint density at radius 3 is 2.60 bits per heavy atom. The molecule has 1 amide bonds. The van der Waals surface area contributed by atoms with Gasteiger partial charge < -0.3 is 14.7 Å². The maximum Gasteiger partial charge on any atom is 0.274 e. The minimum Gasteiger partial charge on any atom is -0.472 e. The Balaban J connectivity index is 1.47. The van der Waals surface area contributed by atoms with E-state index in [0.29, 0.717) is 12.2 Å². The van der Waals surface area contributed by atoms with Gasteiger partial charge in [0, 0.05) is 6.54 Å². The van der Waals surface area contributed by atoms with Crippen molar-refractivity contribution in [1.29, 1.82) is 0 Å². The fourth-order valence-electron chi connectivity index (χ4n) is 3.45. The molecule has 1 N–H and O–H groups in total. The molecule has 1 saturated heterocycles. The number of ether oxygens (including phenoxy) is 1. The Morgan fingerprint density at radius 1 is 1.10 bits per heavy atom. The highest BCUT2D eigenvalue weighted by molar-refractivity contribution is 5.92. The molecule has 2 atom stereocenters. The van der Waals surface area contributed by atoms with Crippen molar-refractivity contribution < 1.29 is 23.4 Å². The van der Waals surface area contributed by atoms with Crippen LogP contribution < -0.4 is 4.74 Å². The van der Waals surface area contributed by atoms with Gasteiger partial charge in [-0.3, -0.25) is 4.79 Å². The topological polar surface area (TPSA) is 75.5 Å². The maximum atomic E-state index is 13.6. The lowest BCUT2D eigenvalue weighted by Crippen LogP contribution is -2.32. The molecule has 1 fully saturated rings. The van der Waals surface area contributed by atoms with Gasteiger partial charge in [-0.25, -0.2) is 18.7 Å². The van der Waals surface area contributed by atoms with Gasteiger partial charge >= 0.3 is 0 Å². The van der Waals surface area contributed by atoms with E-state index in [0.717, 1.165) is 17.7 Å². The second-order valence-electron chi connectivity index (χ2n) is 7.05. The van der Waals surface area contributed by atoms with Crippen molar-refractivity contribution in [3.8, 4) is 5.88 Å². The summed E-state index contributed by atoms with van der Waals surface area (Å²) in [4.78, 5) is 22.6. The van der Waals surface area contributed by atoms with Crippen molar-refractivity contribution in [2.75, 3.05) is 6.54 Å². The van der Waals surface area contributed by atoms with Gasteiger partial charge in [0.2, 0.25) is 5.88 Å². The molecule has 30 heavy (non-hydrogen) atoms. The molecule has 0 bridgehead atoms. The molecule has 0 radical (unpaired) electrons. The van der Waals surface area contributed by atoms with E-state index in [1.165, 1.54) is 23.4 Å². The van der Waals surface area contributed by atoms with Crippen molar-refractivity contribution in [2.24, 2.45) is 0 Å². The Labute approximate surface area is 171 Å². The quantitative estimate of drug-likeness (QED) is 0.697. The van der Waals surface area contributed by atoms with Gasteiger partial charge in [-0.15, -0.1) is 0 Å². The van der Waals surface area contributed by atoms with Gasteiger partial charge in [0.25, 0.3) is 5.91 Å². The summed E-state index contributed by atoms with van der Waals surface area (Å²) in [5.41, 5.74) is 1.46. The fraction of sp³-hybridized carbons (Fsp3) is 0.227. The highest BCUT2D eigenvalue weighted by Crippen LogP contribution is 2.33. The van der Waals surface area contributed by atoms with E-state index >= 15 is 0 Å². The van der Waals surface area contributed by atoms with E-state index in [2.05, 4.69) is 9.97 Å². The second kappa shape index (κ2) is 8.54. The molecule has 1 aliphatic heterocycles. The van der Waals surface area contributed by atoms with E-state index < -0.39 is 29.7 Å². The zero-order valence-electron chi connectivity index (χ0n) is 15.9. The molecule has 2 aromatic carbocycles. The van der Waals surface area contributed by atoms with Crippen LogP contribution in [-0.4, -0.2) is 38.5 Å². The van der Waals surface area contributed by atoms with Crippen molar-refractivity contribution in [2.45, 2.75) is 25.2 Å². The molecule has 8 heteroatoms. The Hall–Kier alpha value is -3.39. The lowest BCUT2D eigenvalue weighted by atomic mass is 10.0. The molecule has 6 nitrogen and oxygen atoms in total. The van der Waals surface area contributed by atoms with Crippen molar-refractivity contribution in [3.63, 3.8) is 0 Å². The first kappa shape index (κ1) is 19.9. The lowest BCUT2D eigenvalue weighted by Gasteiger charge is -2.24. The van der Waals surface area contributed by atoms with Gasteiger partial charge in [-0.1, -0.05) is 36.4 Å². The molecule has 3 aromatic rings. The van der Waals surface area contributed by atoms with Crippen LogP contribution >= 0.6 is 0 Å². The first-order valence-electron chi connectivity index (χ1n) is 9.44. The number of β-amino-alcohol motifs (C(OH)–C–C–N with tert-alkyl or cyclic N) is 1. The highest BCUT2D eigenvalue weighted by Gasteiger charge is 2.36. The Morgan fingerprint density at radius 2 is 1.90 bits per heavy atom. The minimum atomic E-state index is -0.999. The standard InChI is InChI=1S/C22H19F2N3O3/c23-17-7-6-15(8-18(17)24)20-9-16(28)12-27(20)22(29)19-10-26-21(11-25-19)30-13-14-4-2-1-3-5-14/h1-8,10-11,16,20,28H,9,12-13H2. The third-order valence-corrected chi connectivity index (χ3v) is 4.95. The number of aliphatic hydroxyl groups is 1. The van der Waals surface area contributed by atoms with Gasteiger partial charge in [-0.05, 0) is 29.7 Å². The largest absolute Gasteiger partial charge is 0.472 e. The van der Waals surface area contributed by atoms with Crippen LogP contribution in [0, 0.1) is 11.6 Å². The number of aliphatic hydroxyl groups excluding tert-OH is 1. The molecular formula is C22H19F2N3O3. The van der Waals surface area contributed by atoms with E-state index in [1.807, 2.05) is 30.3 Å². The number of halogens is 2. The summed E-state index contributed by atoms with van der Waals surface area (Å²) < 4.78 is 32.5. The average Bonchev–Trinajstić information content (AvgIpc) is 3.16.